The van der Waals surface area contributed by atoms with Gasteiger partial charge in [0.05, 0.1) is 5.69 Å². The molecule has 1 aliphatic rings. The summed E-state index contributed by atoms with van der Waals surface area (Å²) >= 11 is 0.899. The number of amides is 1. The fraction of sp³-hybridized carbons (Fsp3) is 0.750. The van der Waals surface area contributed by atoms with Crippen LogP contribution in [0.15, 0.2) is 0 Å². The molecule has 0 saturated carbocycles. The van der Waals surface area contributed by atoms with E-state index >= 15 is 0 Å². The van der Waals surface area contributed by atoms with Gasteiger partial charge in [-0.25, -0.2) is 0 Å². The van der Waals surface area contributed by atoms with Gasteiger partial charge in [-0.15, -0.1) is 17.5 Å². The molecule has 0 aliphatic carbocycles. The van der Waals surface area contributed by atoms with Gasteiger partial charge in [0.25, 0.3) is 5.91 Å². The van der Waals surface area contributed by atoms with Gasteiger partial charge < -0.3 is 10.6 Å². The first kappa shape index (κ1) is 20.1. The normalized spacial score (nSPS) is 17.4. The van der Waals surface area contributed by atoms with Crippen molar-refractivity contribution in [1.29, 1.82) is 0 Å². The van der Waals surface area contributed by atoms with Crippen molar-refractivity contribution in [1.82, 2.24) is 25.1 Å². The van der Waals surface area contributed by atoms with E-state index in [0.717, 1.165) is 11.5 Å². The summed E-state index contributed by atoms with van der Waals surface area (Å²) in [5.41, 5.74) is 0.508. The van der Waals surface area contributed by atoms with Crippen LogP contribution >= 0.6 is 23.9 Å². The number of carbonyl (C=O) groups is 1. The number of nitrogens with zero attached hydrogens (tertiary/aromatic N) is 3. The van der Waals surface area contributed by atoms with Crippen LogP contribution in [0.4, 0.5) is 13.2 Å². The van der Waals surface area contributed by atoms with Gasteiger partial charge in [-0.3, -0.25) is 9.69 Å². The Morgan fingerprint density at radius 3 is 2.65 bits per heavy atom. The zero-order valence-electron chi connectivity index (χ0n) is 12.5. The van der Waals surface area contributed by atoms with Crippen LogP contribution in [0.25, 0.3) is 0 Å². The van der Waals surface area contributed by atoms with Gasteiger partial charge in [-0.2, -0.15) is 13.2 Å². The molecule has 6 nitrogen and oxygen atoms in total. The number of nitrogens with one attached hydrogen (secondary N) is 2. The molecule has 132 valence electrons. The van der Waals surface area contributed by atoms with Crippen molar-refractivity contribution in [3.8, 4) is 0 Å². The lowest BCUT2D eigenvalue weighted by atomic mass is 10.2. The van der Waals surface area contributed by atoms with E-state index in [1.165, 1.54) is 4.90 Å². The molecule has 11 heteroatoms. The Balaban J connectivity index is 0.00000264. The Morgan fingerprint density at radius 2 is 2.09 bits per heavy atom. The molecule has 1 amide bonds. The maximum Gasteiger partial charge on any atom is 0.405 e. The average molecular weight is 374 g/mol. The molecule has 23 heavy (non-hydrogen) atoms. The maximum absolute atomic E-state index is 13.2. The molecule has 2 heterocycles. The zero-order chi connectivity index (χ0) is 16.2. The summed E-state index contributed by atoms with van der Waals surface area (Å²) < 4.78 is 43.3. The van der Waals surface area contributed by atoms with Crippen molar-refractivity contribution in [3.05, 3.63) is 10.6 Å². The number of aromatic nitrogens is 2. The van der Waals surface area contributed by atoms with Gasteiger partial charge in [0.15, 0.2) is 0 Å². The summed E-state index contributed by atoms with van der Waals surface area (Å²) in [6.45, 7) is 2.99. The lowest BCUT2D eigenvalue weighted by Crippen LogP contribution is -2.57. The van der Waals surface area contributed by atoms with Gasteiger partial charge in [0, 0.05) is 32.7 Å². The number of aryl methyl sites for hydroxylation is 1. The van der Waals surface area contributed by atoms with Gasteiger partial charge in [-0.1, -0.05) is 11.4 Å². The van der Waals surface area contributed by atoms with Crippen LogP contribution < -0.4 is 10.6 Å². The molecule has 0 radical (unpaired) electrons. The second kappa shape index (κ2) is 8.76. The van der Waals surface area contributed by atoms with E-state index < -0.39 is 24.7 Å². The highest BCUT2D eigenvalue weighted by atomic mass is 35.5. The molecule has 0 aromatic carbocycles. The van der Waals surface area contributed by atoms with Crippen LogP contribution in [-0.2, 0) is 6.42 Å². The number of alkyl halides is 3. The van der Waals surface area contributed by atoms with Crippen molar-refractivity contribution in [3.63, 3.8) is 0 Å². The largest absolute Gasteiger partial charge is 0.405 e. The van der Waals surface area contributed by atoms with Gasteiger partial charge in [-0.05, 0) is 18.0 Å². The molecule has 2 N–H and O–H groups in total. The molecule has 1 aromatic rings. The van der Waals surface area contributed by atoms with Crippen molar-refractivity contribution in [2.24, 2.45) is 0 Å². The van der Waals surface area contributed by atoms with Crippen molar-refractivity contribution in [2.45, 2.75) is 25.6 Å². The number of rotatable bonds is 5. The predicted molar refractivity (Wildman–Crippen MR) is 83.2 cm³/mol. The first-order valence-electron chi connectivity index (χ1n) is 7.04. The quantitative estimate of drug-likeness (QED) is 0.808. The number of hydrogen-bond donors (Lipinski definition) is 2. The van der Waals surface area contributed by atoms with E-state index in [1.807, 2.05) is 6.92 Å². The van der Waals surface area contributed by atoms with E-state index in [9.17, 15) is 18.0 Å². The number of hydrogen-bond acceptors (Lipinski definition) is 6. The van der Waals surface area contributed by atoms with Gasteiger partial charge in [0.1, 0.15) is 10.9 Å². The van der Waals surface area contributed by atoms with Crippen LogP contribution in [-0.4, -0.2) is 65.3 Å². The minimum absolute atomic E-state index is 0. The molecular weight excluding hydrogens is 355 g/mol. The van der Waals surface area contributed by atoms with Crippen molar-refractivity contribution >= 4 is 29.8 Å². The maximum atomic E-state index is 13.2. The minimum Gasteiger partial charge on any atom is -0.349 e. The van der Waals surface area contributed by atoms with Crippen LogP contribution in [0.5, 0.6) is 0 Å². The zero-order valence-corrected chi connectivity index (χ0v) is 14.2. The van der Waals surface area contributed by atoms with E-state index in [1.54, 1.807) is 0 Å². The first-order chi connectivity index (χ1) is 10.4. The molecular formula is C12H19ClF3N5OS. The fourth-order valence-corrected chi connectivity index (χ4v) is 2.99. The highest BCUT2D eigenvalue weighted by molar-refractivity contribution is 7.08. The molecule has 1 unspecified atom stereocenters. The van der Waals surface area contributed by atoms with Gasteiger partial charge in [0.2, 0.25) is 0 Å². The highest BCUT2D eigenvalue weighted by Gasteiger charge is 2.43. The third-order valence-corrected chi connectivity index (χ3v) is 4.29. The molecule has 2 rings (SSSR count). The molecule has 0 spiro atoms. The molecule has 1 fully saturated rings. The van der Waals surface area contributed by atoms with Gasteiger partial charge >= 0.3 is 6.18 Å². The molecule has 1 atom stereocenters. The van der Waals surface area contributed by atoms with Crippen LogP contribution in [0, 0.1) is 0 Å². The summed E-state index contributed by atoms with van der Waals surface area (Å²) in [6, 6.07) is -1.68. The minimum atomic E-state index is -4.38. The van der Waals surface area contributed by atoms with Crippen LogP contribution in [0.1, 0.15) is 22.3 Å². The van der Waals surface area contributed by atoms with E-state index in [4.69, 9.17) is 0 Å². The SMILES string of the molecule is CCc1nnsc1C(=O)NCC(N1CCNCC1)C(F)(F)F.Cl. The van der Waals surface area contributed by atoms with Crippen LogP contribution in [0.3, 0.4) is 0 Å². The monoisotopic (exact) mass is 373 g/mol. The first-order valence-corrected chi connectivity index (χ1v) is 7.81. The van der Waals surface area contributed by atoms with Crippen LogP contribution in [0.2, 0.25) is 0 Å². The Hall–Kier alpha value is -0.970. The smallest absolute Gasteiger partial charge is 0.349 e. The summed E-state index contributed by atoms with van der Waals surface area (Å²) in [5.74, 6) is -0.545. The van der Waals surface area contributed by atoms with E-state index in [0.29, 0.717) is 38.3 Å². The number of carbonyl (C=O) groups excluding carboxylic acids is 1. The summed E-state index contributed by atoms with van der Waals surface area (Å²) in [4.78, 5) is 13.7. The third-order valence-electron chi connectivity index (χ3n) is 3.52. The molecule has 0 bridgehead atoms. The topological polar surface area (TPSA) is 70.2 Å². The molecule has 1 saturated heterocycles. The highest BCUT2D eigenvalue weighted by Crippen LogP contribution is 2.25. The Labute approximate surface area is 142 Å². The van der Waals surface area contributed by atoms with E-state index in [-0.39, 0.29) is 17.3 Å². The molecule has 1 aliphatic heterocycles. The second-order valence-electron chi connectivity index (χ2n) is 4.96. The summed E-state index contributed by atoms with van der Waals surface area (Å²) in [7, 11) is 0. The predicted octanol–water partition coefficient (Wildman–Crippen LogP) is 1.09. The summed E-state index contributed by atoms with van der Waals surface area (Å²) in [5, 5.41) is 9.17. The second-order valence-corrected chi connectivity index (χ2v) is 5.71. The van der Waals surface area contributed by atoms with Crippen molar-refractivity contribution in [2.75, 3.05) is 32.7 Å². The van der Waals surface area contributed by atoms with E-state index in [2.05, 4.69) is 20.2 Å². The average Bonchev–Trinajstić information content (AvgIpc) is 2.95. The number of halogens is 4. The van der Waals surface area contributed by atoms with Crippen molar-refractivity contribution < 1.29 is 18.0 Å². The molecule has 1 aromatic heterocycles. The summed E-state index contributed by atoms with van der Waals surface area (Å²) in [6.07, 6.45) is -3.87. The third kappa shape index (κ3) is 5.27. The number of piperazine rings is 1. The fourth-order valence-electron chi connectivity index (χ4n) is 2.33. The Bertz CT molecular complexity index is 507. The standard InChI is InChI=1S/C12H18F3N5OS.ClH/c1-2-8-10(22-19-18-8)11(21)17-7-9(12(13,14)15)20-5-3-16-4-6-20;/h9,16H,2-7H2,1H3,(H,17,21);1H. The Morgan fingerprint density at radius 1 is 1.43 bits per heavy atom. The lowest BCUT2D eigenvalue weighted by Gasteiger charge is -2.35. The lowest BCUT2D eigenvalue weighted by molar-refractivity contribution is -0.183. The Kier molecular flexibility index (Phi) is 7.65.